The summed E-state index contributed by atoms with van der Waals surface area (Å²) in [7, 11) is 3.42. The summed E-state index contributed by atoms with van der Waals surface area (Å²) >= 11 is 0. The van der Waals surface area contributed by atoms with Gasteiger partial charge in [0.1, 0.15) is 0 Å². The van der Waals surface area contributed by atoms with Gasteiger partial charge in [0.15, 0.2) is 18.9 Å². The predicted octanol–water partition coefficient (Wildman–Crippen LogP) is 15.9. The highest BCUT2D eigenvalue weighted by Gasteiger charge is 2.41. The first-order chi connectivity index (χ1) is 30.3. The van der Waals surface area contributed by atoms with Gasteiger partial charge in [0.2, 0.25) is 0 Å². The maximum Gasteiger partial charge on any atom is 0.163 e. The lowest BCUT2D eigenvalue weighted by Crippen LogP contribution is -2.46. The Morgan fingerprint density at radius 2 is 0.797 bits per heavy atom. The van der Waals surface area contributed by atoms with Crippen LogP contribution in [0.3, 0.4) is 0 Å². The minimum absolute atomic E-state index is 0.00833. The van der Waals surface area contributed by atoms with Crippen LogP contribution in [0.2, 0.25) is 0 Å². The van der Waals surface area contributed by atoms with E-state index in [0.29, 0.717) is 53.6 Å². The zero-order valence-corrected chi connectivity index (χ0v) is 47.5. The molecule has 0 spiro atoms. The highest BCUT2D eigenvalue weighted by molar-refractivity contribution is 4.84. The van der Waals surface area contributed by atoms with E-state index in [2.05, 4.69) is 138 Å². The molecule has 0 bridgehead atoms. The van der Waals surface area contributed by atoms with E-state index in [0.717, 1.165) is 83.1 Å². The average molecular weight is 920 g/mol. The Morgan fingerprint density at radius 1 is 0.438 bits per heavy atom. The van der Waals surface area contributed by atoms with Gasteiger partial charge in [-0.1, -0.05) is 183 Å². The third kappa shape index (κ3) is 25.9. The molecule has 0 aromatic carbocycles. The van der Waals surface area contributed by atoms with E-state index in [1.54, 1.807) is 14.2 Å². The Labute approximate surface area is 402 Å². The molecule has 8 heteroatoms. The molecule has 0 aromatic rings. The van der Waals surface area contributed by atoms with Gasteiger partial charge in [0.05, 0.1) is 25.9 Å². The highest BCUT2D eigenvalue weighted by atomic mass is 16.8. The zero-order chi connectivity index (χ0) is 49.9. The van der Waals surface area contributed by atoms with Gasteiger partial charge in [0, 0.05) is 63.8 Å². The number of hydrogen-bond donors (Lipinski definition) is 0. The van der Waals surface area contributed by atoms with Gasteiger partial charge in [-0.25, -0.2) is 0 Å². The van der Waals surface area contributed by atoms with Crippen molar-refractivity contribution in [3.8, 4) is 0 Å². The second-order valence-corrected chi connectivity index (χ2v) is 20.0. The van der Waals surface area contributed by atoms with E-state index in [1.807, 2.05) is 6.92 Å². The van der Waals surface area contributed by atoms with Gasteiger partial charge in [-0.3, -0.25) is 0 Å². The fraction of sp³-hybridized carbons (Fsp3) is 1.00. The maximum absolute atomic E-state index is 5.87. The van der Waals surface area contributed by atoms with E-state index in [9.17, 15) is 0 Å². The van der Waals surface area contributed by atoms with Crippen molar-refractivity contribution in [2.45, 2.75) is 241 Å². The molecule has 0 aromatic heterocycles. The average Bonchev–Trinajstić information content (AvgIpc) is 3.61. The number of ether oxygens (including phenoxy) is 8. The number of methoxy groups -OCH3 is 2. The largest absolute Gasteiger partial charge is 0.381 e. The smallest absolute Gasteiger partial charge is 0.163 e. The molecule has 0 radical (unpaired) electrons. The molecular formula is C56H118O8. The molecular weight excluding hydrogens is 801 g/mol. The van der Waals surface area contributed by atoms with Crippen LogP contribution < -0.4 is 0 Å². The summed E-state index contributed by atoms with van der Waals surface area (Å²) in [4.78, 5) is 0. The van der Waals surface area contributed by atoms with Crippen LogP contribution in [0.4, 0.5) is 0 Å². The van der Waals surface area contributed by atoms with Crippen molar-refractivity contribution in [3.05, 3.63) is 0 Å². The van der Waals surface area contributed by atoms with Crippen LogP contribution in [-0.2, 0) is 37.9 Å². The van der Waals surface area contributed by atoms with E-state index in [4.69, 9.17) is 37.9 Å². The first kappa shape index (κ1) is 67.9. The second kappa shape index (κ2) is 40.6. The van der Waals surface area contributed by atoms with Crippen molar-refractivity contribution < 1.29 is 37.9 Å². The lowest BCUT2D eigenvalue weighted by atomic mass is 9.78. The monoisotopic (exact) mass is 919 g/mol. The van der Waals surface area contributed by atoms with Gasteiger partial charge in [-0.05, 0) is 73.5 Å². The van der Waals surface area contributed by atoms with E-state index in [-0.39, 0.29) is 24.3 Å². The predicted molar refractivity (Wildman–Crippen MR) is 276 cm³/mol. The normalized spacial score (nSPS) is 26.4. The molecule has 2 fully saturated rings. The standard InChI is InChI=1S/C15H32O3.C11H22O3.C11H22O2.C10H22.C9H20/c1-5-9-16-12-15(8-4,13-17-10-6-2)14-18-11-7-3;1-6-13-11-9(4)7(2)8(3)10(12-5)14-11;1-6-7(2)10-8(3)9(4)11(12-5)13-10;1-6-8(3)10(5)9(4)7-2;1-5-9(6-2,7-3)8-4/h5-14H2,1-4H3;7-11H,6H2,1-5H3;7-11H,6H2,1-5H3;8-10H,6-7H2,1-5H3;5-8H2,1-4H3. The summed E-state index contributed by atoms with van der Waals surface area (Å²) in [5, 5.41) is 0. The minimum atomic E-state index is -0.127. The van der Waals surface area contributed by atoms with Gasteiger partial charge in [0.25, 0.3) is 0 Å². The Morgan fingerprint density at radius 3 is 1.08 bits per heavy atom. The molecule has 2 aliphatic rings. The molecule has 12 atom stereocenters. The van der Waals surface area contributed by atoms with Gasteiger partial charge < -0.3 is 37.9 Å². The molecule has 12 unspecified atom stereocenters. The minimum Gasteiger partial charge on any atom is -0.381 e. The van der Waals surface area contributed by atoms with Gasteiger partial charge in [-0.15, -0.1) is 0 Å². The molecule has 0 aliphatic carbocycles. The quantitative estimate of drug-likeness (QED) is 0.0755. The molecule has 0 saturated carbocycles. The second-order valence-electron chi connectivity index (χ2n) is 20.0. The van der Waals surface area contributed by atoms with E-state index >= 15 is 0 Å². The molecule has 0 amide bonds. The topological polar surface area (TPSA) is 73.8 Å². The molecule has 390 valence electrons. The lowest BCUT2D eigenvalue weighted by Gasteiger charge is -2.42. The van der Waals surface area contributed by atoms with Crippen molar-refractivity contribution in [2.75, 3.05) is 60.5 Å². The van der Waals surface area contributed by atoms with Crippen molar-refractivity contribution in [1.29, 1.82) is 0 Å². The Bertz CT molecular complexity index is 934. The Balaban J connectivity index is -0.000000742. The summed E-state index contributed by atoms with van der Waals surface area (Å²) in [6, 6.07) is 0. The fourth-order valence-corrected chi connectivity index (χ4v) is 8.62. The van der Waals surface area contributed by atoms with Crippen LogP contribution in [0.1, 0.15) is 216 Å². The number of hydrogen-bond acceptors (Lipinski definition) is 8. The van der Waals surface area contributed by atoms with Crippen LogP contribution in [0.25, 0.3) is 0 Å². The molecule has 2 heterocycles. The summed E-state index contributed by atoms with van der Waals surface area (Å²) in [6.45, 7) is 52.3. The number of rotatable bonds is 27. The Kier molecular flexibility index (Phi) is 43.1. The third-order valence-electron chi connectivity index (χ3n) is 16.0. The van der Waals surface area contributed by atoms with Crippen LogP contribution in [0, 0.1) is 64.1 Å². The van der Waals surface area contributed by atoms with Crippen LogP contribution in [-0.4, -0.2) is 85.4 Å². The van der Waals surface area contributed by atoms with Crippen molar-refractivity contribution in [1.82, 2.24) is 0 Å². The third-order valence-corrected chi connectivity index (χ3v) is 16.0. The zero-order valence-electron chi connectivity index (χ0n) is 47.5. The van der Waals surface area contributed by atoms with Gasteiger partial charge in [-0.2, -0.15) is 0 Å². The molecule has 2 saturated heterocycles. The maximum atomic E-state index is 5.87. The summed E-state index contributed by atoms with van der Waals surface area (Å²) in [5.41, 5.74) is 0.694. The lowest BCUT2D eigenvalue weighted by molar-refractivity contribution is -0.307. The molecule has 0 N–H and O–H groups in total. The molecule has 2 aliphatic heterocycles. The first-order valence-corrected chi connectivity index (χ1v) is 27.1. The SMILES string of the molecule is CCC(C)C(C)C(C)CC.CCC(C)C1OC(OC)C(C)C1C.CCC(CC)(CC)CC.CCCOCC(CC)(COCCC)COCCC.CCOC1OC(OC)C(C)C(C)C1C. The summed E-state index contributed by atoms with van der Waals surface area (Å²) in [5.74, 6) is 5.87. The van der Waals surface area contributed by atoms with E-state index < -0.39 is 0 Å². The molecule has 64 heavy (non-hydrogen) atoms. The van der Waals surface area contributed by atoms with Crippen LogP contribution in [0.5, 0.6) is 0 Å². The molecule has 2 rings (SSSR count). The highest BCUT2D eigenvalue weighted by Crippen LogP contribution is 2.38. The summed E-state index contributed by atoms with van der Waals surface area (Å²) in [6.07, 6.45) is 13.6. The Hall–Kier alpha value is -0.320. The van der Waals surface area contributed by atoms with E-state index in [1.165, 1.54) is 44.9 Å². The van der Waals surface area contributed by atoms with Crippen LogP contribution >= 0.6 is 0 Å². The summed E-state index contributed by atoms with van der Waals surface area (Å²) < 4.78 is 45.0. The van der Waals surface area contributed by atoms with Crippen molar-refractivity contribution in [3.63, 3.8) is 0 Å². The van der Waals surface area contributed by atoms with Crippen LogP contribution in [0.15, 0.2) is 0 Å². The fourth-order valence-electron chi connectivity index (χ4n) is 8.62. The van der Waals surface area contributed by atoms with Crippen molar-refractivity contribution >= 4 is 0 Å². The van der Waals surface area contributed by atoms with Gasteiger partial charge >= 0.3 is 0 Å². The van der Waals surface area contributed by atoms with Crippen molar-refractivity contribution in [2.24, 2.45) is 64.1 Å². The first-order valence-electron chi connectivity index (χ1n) is 27.1. The molecule has 8 nitrogen and oxygen atoms in total.